The van der Waals surface area contributed by atoms with Crippen molar-refractivity contribution >= 4 is 42.4 Å². The molecule has 0 aliphatic heterocycles. The summed E-state index contributed by atoms with van der Waals surface area (Å²) < 4.78 is 12.7. The maximum absolute atomic E-state index is 13.4. The van der Waals surface area contributed by atoms with E-state index < -0.39 is 42.1 Å². The third kappa shape index (κ3) is 8.73. The number of ketones is 2. The lowest BCUT2D eigenvalue weighted by atomic mass is 9.75. The second-order valence-electron chi connectivity index (χ2n) is 18.1. The molecule has 252 valence electrons. The summed E-state index contributed by atoms with van der Waals surface area (Å²) in [6.45, 7) is 39.2. The number of Topliss-reactive ketones (excluding diaryl/α,β-unsaturated/α-hetero) is 2. The van der Waals surface area contributed by atoms with Crippen molar-refractivity contribution in [1.29, 1.82) is 0 Å². The lowest BCUT2D eigenvalue weighted by molar-refractivity contribution is -0.130. The van der Waals surface area contributed by atoms with Crippen LogP contribution in [0.5, 0.6) is 0 Å². The van der Waals surface area contributed by atoms with Gasteiger partial charge in [-0.15, -0.1) is 0 Å². The Balaban J connectivity index is 0.000000426. The standard InChI is InChI=1S/C27H40O2Si2.C10H24O2Si2/c1-25(2)19-27(5,23-14-12-11-13-22(23)25)21-17-15-20(16-18-21)24(28)26(3,4)29-31(9,10)30(6,7)8;1-9(11)10(2,3)12-14(7,8)13(4,5)6/h11-18H,19H2,1-10H3;1-8H3. The monoisotopic (exact) mass is 684 g/mol. The fourth-order valence-electron chi connectivity index (χ4n) is 5.92. The lowest BCUT2D eigenvalue weighted by Crippen LogP contribution is -2.59. The average molecular weight is 685 g/mol. The smallest absolute Gasteiger partial charge is 0.192 e. The molecule has 0 fully saturated rings. The van der Waals surface area contributed by atoms with Gasteiger partial charge in [-0.25, -0.2) is 0 Å². The fraction of sp³-hybridized carbons (Fsp3) is 0.622. The van der Waals surface area contributed by atoms with Crippen molar-refractivity contribution in [2.75, 3.05) is 0 Å². The van der Waals surface area contributed by atoms with Crippen LogP contribution in [0, 0.1) is 0 Å². The van der Waals surface area contributed by atoms with Crippen molar-refractivity contribution in [3.05, 3.63) is 70.8 Å². The molecule has 0 spiro atoms. The first-order valence-corrected chi connectivity index (χ1v) is 31.4. The molecule has 3 rings (SSSR count). The minimum atomic E-state index is -1.92. The van der Waals surface area contributed by atoms with Gasteiger partial charge in [-0.3, -0.25) is 9.59 Å². The largest absolute Gasteiger partial charge is 0.408 e. The van der Waals surface area contributed by atoms with Gasteiger partial charge in [0.1, 0.15) is 11.2 Å². The second kappa shape index (κ2) is 12.9. The fourth-order valence-corrected chi connectivity index (χ4v) is 12.7. The van der Waals surface area contributed by atoms with Crippen molar-refractivity contribution in [2.24, 2.45) is 0 Å². The van der Waals surface area contributed by atoms with E-state index in [2.05, 4.69) is 123 Å². The molecule has 45 heavy (non-hydrogen) atoms. The van der Waals surface area contributed by atoms with Crippen LogP contribution in [0.1, 0.15) is 88.9 Å². The number of carbonyl (C=O) groups excluding carboxylic acids is 2. The number of carbonyl (C=O) groups is 2. The zero-order chi connectivity index (χ0) is 35.2. The molecule has 2 aromatic rings. The molecule has 1 unspecified atom stereocenters. The lowest BCUT2D eigenvalue weighted by Gasteiger charge is -2.41. The maximum Gasteiger partial charge on any atom is 0.192 e. The molecular weight excluding hydrogens is 621 g/mol. The van der Waals surface area contributed by atoms with Gasteiger partial charge in [0.05, 0.1) is 15.2 Å². The van der Waals surface area contributed by atoms with E-state index in [0.29, 0.717) is 0 Å². The Hall–Kier alpha value is -1.43. The van der Waals surface area contributed by atoms with E-state index >= 15 is 0 Å². The van der Waals surface area contributed by atoms with E-state index in [0.717, 1.165) is 12.0 Å². The molecular formula is C37H64O4Si4. The molecule has 2 aromatic carbocycles. The van der Waals surface area contributed by atoms with Gasteiger partial charge in [0.15, 0.2) is 27.2 Å². The molecule has 0 bridgehead atoms. The van der Waals surface area contributed by atoms with Gasteiger partial charge in [0, 0.05) is 11.0 Å². The second-order valence-corrected chi connectivity index (χ2v) is 49.8. The molecule has 0 saturated carbocycles. The van der Waals surface area contributed by atoms with Crippen LogP contribution in [-0.4, -0.2) is 53.6 Å². The molecule has 0 N–H and O–H groups in total. The number of fused-ring (bicyclic) bond motifs is 1. The summed E-state index contributed by atoms with van der Waals surface area (Å²) >= 11 is 0. The molecule has 1 atom stereocenters. The van der Waals surface area contributed by atoms with Crippen LogP contribution < -0.4 is 0 Å². The zero-order valence-electron chi connectivity index (χ0n) is 32.0. The van der Waals surface area contributed by atoms with Crippen LogP contribution in [0.15, 0.2) is 48.5 Å². The van der Waals surface area contributed by atoms with Crippen LogP contribution in [0.4, 0.5) is 0 Å². The SMILES string of the molecule is CC(=O)C(C)(C)O[Si](C)(C)[Si](C)(C)C.CC(C)(O[Si](C)(C)[Si](C)(C)C)C(=O)c1ccc(C2(C)CC(C)(C)c3ccccc32)cc1. The molecule has 0 saturated heterocycles. The van der Waals surface area contributed by atoms with Crippen molar-refractivity contribution in [3.8, 4) is 0 Å². The number of hydrogen-bond donors (Lipinski definition) is 0. The highest BCUT2D eigenvalue weighted by molar-refractivity contribution is 7.38. The quantitative estimate of drug-likeness (QED) is 0.185. The Morgan fingerprint density at radius 1 is 0.644 bits per heavy atom. The summed E-state index contributed by atoms with van der Waals surface area (Å²) in [4.78, 5) is 24.8. The van der Waals surface area contributed by atoms with Gasteiger partial charge < -0.3 is 8.85 Å². The van der Waals surface area contributed by atoms with Crippen LogP contribution in [0.2, 0.25) is 65.5 Å². The normalized spacial score (nSPS) is 19.0. The summed E-state index contributed by atoms with van der Waals surface area (Å²) in [7, 11) is -6.34. The van der Waals surface area contributed by atoms with Crippen molar-refractivity contribution in [2.45, 2.75) is 149 Å². The third-order valence-electron chi connectivity index (χ3n) is 10.9. The topological polar surface area (TPSA) is 52.6 Å². The first-order valence-electron chi connectivity index (χ1n) is 16.6. The highest BCUT2D eigenvalue weighted by atomic mass is 29.3. The molecule has 0 radical (unpaired) electrons. The van der Waals surface area contributed by atoms with E-state index in [1.807, 2.05) is 39.8 Å². The Bertz CT molecular complexity index is 1380. The molecule has 0 amide bonds. The predicted molar refractivity (Wildman–Crippen MR) is 204 cm³/mol. The summed E-state index contributed by atoms with van der Waals surface area (Å²) in [5.41, 5.74) is 3.56. The summed E-state index contributed by atoms with van der Waals surface area (Å²) in [5.74, 6) is 0.200. The van der Waals surface area contributed by atoms with Crippen LogP contribution in [0.3, 0.4) is 0 Å². The van der Waals surface area contributed by atoms with E-state index in [-0.39, 0.29) is 22.4 Å². The van der Waals surface area contributed by atoms with Gasteiger partial charge in [-0.2, -0.15) is 0 Å². The molecule has 4 nitrogen and oxygen atoms in total. The van der Waals surface area contributed by atoms with E-state index in [4.69, 9.17) is 8.85 Å². The predicted octanol–water partition coefficient (Wildman–Crippen LogP) is 10.3. The van der Waals surface area contributed by atoms with Gasteiger partial charge in [0.25, 0.3) is 0 Å². The molecule has 0 heterocycles. The highest BCUT2D eigenvalue weighted by Crippen LogP contribution is 2.52. The number of hydrogen-bond acceptors (Lipinski definition) is 4. The summed E-state index contributed by atoms with van der Waals surface area (Å²) in [6, 6.07) is 17.1. The number of rotatable bonds is 10. The first-order chi connectivity index (χ1) is 19.9. The zero-order valence-corrected chi connectivity index (χ0v) is 36.0. The van der Waals surface area contributed by atoms with Crippen LogP contribution >= 0.6 is 0 Å². The van der Waals surface area contributed by atoms with E-state index in [1.165, 1.54) is 16.7 Å². The van der Waals surface area contributed by atoms with E-state index in [1.54, 1.807) is 6.92 Å². The molecule has 0 aromatic heterocycles. The van der Waals surface area contributed by atoms with Crippen LogP contribution in [-0.2, 0) is 24.5 Å². The Morgan fingerprint density at radius 3 is 1.44 bits per heavy atom. The van der Waals surface area contributed by atoms with Crippen molar-refractivity contribution in [3.63, 3.8) is 0 Å². The Labute approximate surface area is 280 Å². The Kier molecular flexibility index (Phi) is 11.4. The first kappa shape index (κ1) is 39.7. The van der Waals surface area contributed by atoms with E-state index in [9.17, 15) is 9.59 Å². The van der Waals surface area contributed by atoms with Gasteiger partial charge in [-0.05, 0) is 89.3 Å². The highest BCUT2D eigenvalue weighted by Gasteiger charge is 2.47. The van der Waals surface area contributed by atoms with Crippen molar-refractivity contribution < 1.29 is 18.4 Å². The van der Waals surface area contributed by atoms with Crippen LogP contribution in [0.25, 0.3) is 0 Å². The van der Waals surface area contributed by atoms with Crippen molar-refractivity contribution in [1.82, 2.24) is 0 Å². The number of benzene rings is 2. The molecule has 1 aliphatic carbocycles. The average Bonchev–Trinajstić information content (AvgIpc) is 3.07. The third-order valence-corrected chi connectivity index (χ3v) is 42.4. The minimum Gasteiger partial charge on any atom is -0.408 e. The van der Waals surface area contributed by atoms with Gasteiger partial charge >= 0.3 is 0 Å². The van der Waals surface area contributed by atoms with Gasteiger partial charge in [0.2, 0.25) is 0 Å². The minimum absolute atomic E-state index is 0.0412. The molecule has 8 heteroatoms. The molecule has 1 aliphatic rings. The summed E-state index contributed by atoms with van der Waals surface area (Å²) in [6.07, 6.45) is 1.07. The Morgan fingerprint density at radius 2 is 1.04 bits per heavy atom. The summed E-state index contributed by atoms with van der Waals surface area (Å²) in [5, 5.41) is 0. The van der Waals surface area contributed by atoms with Gasteiger partial charge in [-0.1, -0.05) is 109 Å². The maximum atomic E-state index is 13.4.